The number of nitrogens with one attached hydrogen (secondary N) is 2. The van der Waals surface area contributed by atoms with E-state index in [0.29, 0.717) is 6.54 Å². The summed E-state index contributed by atoms with van der Waals surface area (Å²) < 4.78 is 5.31. The number of para-hydroxylation sites is 1. The van der Waals surface area contributed by atoms with Crippen molar-refractivity contribution in [1.29, 1.82) is 0 Å². The van der Waals surface area contributed by atoms with E-state index < -0.39 is 47.0 Å². The van der Waals surface area contributed by atoms with Gasteiger partial charge in [0.2, 0.25) is 17.7 Å². The molecule has 2 atom stereocenters. The van der Waals surface area contributed by atoms with Crippen LogP contribution in [0.15, 0.2) is 24.3 Å². The van der Waals surface area contributed by atoms with E-state index in [-0.39, 0.29) is 24.2 Å². The number of unbranched alkanes of at least 4 members (excludes halogenated alkanes) is 1. The van der Waals surface area contributed by atoms with Gasteiger partial charge < -0.3 is 31.1 Å². The molecule has 5 N–H and O–H groups in total. The van der Waals surface area contributed by atoms with Crippen LogP contribution in [0.4, 0.5) is 4.79 Å². The lowest BCUT2D eigenvalue weighted by Crippen LogP contribution is -2.58. The molecule has 4 amide bonds. The summed E-state index contributed by atoms with van der Waals surface area (Å²) >= 11 is 0. The van der Waals surface area contributed by atoms with E-state index in [9.17, 15) is 24.3 Å². The molecule has 0 heterocycles. The lowest BCUT2D eigenvalue weighted by molar-refractivity contribution is -0.148. The molecule has 0 aromatic heterocycles. The van der Waals surface area contributed by atoms with E-state index in [1.54, 1.807) is 59.7 Å². The number of rotatable bonds is 11. The van der Waals surface area contributed by atoms with Gasteiger partial charge in [0.25, 0.3) is 0 Å². The van der Waals surface area contributed by atoms with Crippen molar-refractivity contribution in [2.24, 2.45) is 5.73 Å². The van der Waals surface area contributed by atoms with E-state index in [1.807, 2.05) is 6.92 Å². The molecule has 0 aliphatic carbocycles. The minimum absolute atomic E-state index is 0.0923. The Hall–Kier alpha value is -3.30. The van der Waals surface area contributed by atoms with Gasteiger partial charge in [-0.3, -0.25) is 14.4 Å². The number of amides is 4. The zero-order valence-electron chi connectivity index (χ0n) is 22.5. The summed E-state index contributed by atoms with van der Waals surface area (Å²) in [5, 5.41) is 16.0. The number of ether oxygens (including phenoxy) is 1. The molecule has 0 fully saturated rings. The number of phenolic OH excluding ortho intramolecular Hbond substituents is 1. The molecule has 0 aliphatic rings. The van der Waals surface area contributed by atoms with Gasteiger partial charge in [-0.05, 0) is 60.5 Å². The van der Waals surface area contributed by atoms with Crippen molar-refractivity contribution in [3.63, 3.8) is 0 Å². The summed E-state index contributed by atoms with van der Waals surface area (Å²) in [7, 11) is 0. The van der Waals surface area contributed by atoms with Crippen LogP contribution in [0.1, 0.15) is 85.8 Å². The average molecular weight is 507 g/mol. The molecule has 0 aliphatic heterocycles. The summed E-state index contributed by atoms with van der Waals surface area (Å²) in [6.07, 6.45) is 0.493. The summed E-state index contributed by atoms with van der Waals surface area (Å²) in [5.41, 5.74) is 3.81. The van der Waals surface area contributed by atoms with E-state index in [2.05, 4.69) is 10.6 Å². The number of hydrogen-bond acceptors (Lipinski definition) is 6. The van der Waals surface area contributed by atoms with Gasteiger partial charge >= 0.3 is 6.09 Å². The van der Waals surface area contributed by atoms with Crippen molar-refractivity contribution in [2.75, 3.05) is 6.54 Å². The largest absolute Gasteiger partial charge is 0.508 e. The molecule has 1 aromatic rings. The number of benzene rings is 1. The van der Waals surface area contributed by atoms with Gasteiger partial charge in [-0.1, -0.05) is 31.5 Å². The number of nitrogens with two attached hydrogens (primary N) is 1. The van der Waals surface area contributed by atoms with Gasteiger partial charge in [-0.25, -0.2) is 4.79 Å². The maximum Gasteiger partial charge on any atom is 0.408 e. The van der Waals surface area contributed by atoms with Gasteiger partial charge in [0.1, 0.15) is 23.4 Å². The van der Waals surface area contributed by atoms with Crippen LogP contribution in [-0.2, 0) is 19.1 Å². The van der Waals surface area contributed by atoms with Crippen LogP contribution in [0.25, 0.3) is 0 Å². The first kappa shape index (κ1) is 30.7. The second-order valence-corrected chi connectivity index (χ2v) is 10.7. The number of hydrogen-bond donors (Lipinski definition) is 4. The quantitative estimate of drug-likeness (QED) is 0.339. The third kappa shape index (κ3) is 9.75. The highest BCUT2D eigenvalue weighted by atomic mass is 16.6. The number of phenols is 1. The first-order valence-electron chi connectivity index (χ1n) is 12.2. The maximum atomic E-state index is 14.0. The summed E-state index contributed by atoms with van der Waals surface area (Å²) in [5.74, 6) is -1.88. The Labute approximate surface area is 213 Å². The van der Waals surface area contributed by atoms with E-state index in [1.165, 1.54) is 11.0 Å². The first-order chi connectivity index (χ1) is 16.6. The van der Waals surface area contributed by atoms with Crippen LogP contribution >= 0.6 is 0 Å². The van der Waals surface area contributed by atoms with Gasteiger partial charge in [-0.2, -0.15) is 0 Å². The Bertz CT molecular complexity index is 920. The van der Waals surface area contributed by atoms with Gasteiger partial charge in [0.05, 0.1) is 0 Å². The van der Waals surface area contributed by atoms with Crippen LogP contribution in [0, 0.1) is 0 Å². The predicted octanol–water partition coefficient (Wildman–Crippen LogP) is 3.14. The smallest absolute Gasteiger partial charge is 0.408 e. The molecular weight excluding hydrogens is 464 g/mol. The minimum atomic E-state index is -1.21. The molecule has 202 valence electrons. The van der Waals surface area contributed by atoms with E-state index >= 15 is 0 Å². The molecule has 36 heavy (non-hydrogen) atoms. The van der Waals surface area contributed by atoms with Gasteiger partial charge in [0.15, 0.2) is 0 Å². The molecule has 0 radical (unpaired) electrons. The van der Waals surface area contributed by atoms with Crippen molar-refractivity contribution in [1.82, 2.24) is 15.5 Å². The number of aromatic hydroxyl groups is 1. The topological polar surface area (TPSA) is 151 Å². The fourth-order valence-corrected chi connectivity index (χ4v) is 3.61. The molecule has 2 unspecified atom stereocenters. The second kappa shape index (κ2) is 13.1. The van der Waals surface area contributed by atoms with Crippen LogP contribution in [-0.4, -0.2) is 57.5 Å². The highest BCUT2D eigenvalue weighted by molar-refractivity contribution is 5.93. The molecule has 10 nitrogen and oxygen atoms in total. The zero-order chi connectivity index (χ0) is 27.7. The van der Waals surface area contributed by atoms with Crippen LogP contribution in [0.3, 0.4) is 0 Å². The number of alkyl carbamates (subject to hydrolysis) is 1. The monoisotopic (exact) mass is 506 g/mol. The molecule has 0 bridgehead atoms. The molecule has 0 saturated heterocycles. The van der Waals surface area contributed by atoms with Crippen molar-refractivity contribution in [3.8, 4) is 5.75 Å². The number of primary amides is 1. The average Bonchev–Trinajstić information content (AvgIpc) is 2.73. The Morgan fingerprint density at radius 3 is 2.19 bits per heavy atom. The highest BCUT2D eigenvalue weighted by Gasteiger charge is 2.42. The molecule has 0 spiro atoms. The van der Waals surface area contributed by atoms with Crippen molar-refractivity contribution in [3.05, 3.63) is 29.8 Å². The lowest BCUT2D eigenvalue weighted by Gasteiger charge is -2.43. The third-order valence-corrected chi connectivity index (χ3v) is 5.20. The Kier molecular flexibility index (Phi) is 11.2. The van der Waals surface area contributed by atoms with Crippen molar-refractivity contribution in [2.45, 2.75) is 97.4 Å². The summed E-state index contributed by atoms with van der Waals surface area (Å²) in [6, 6.07) is 3.89. The van der Waals surface area contributed by atoms with Crippen molar-refractivity contribution < 1.29 is 29.0 Å². The number of carbonyl (C=O) groups is 4. The molecule has 1 aromatic carbocycles. The SMILES string of the molecule is CCCCNC(=O)C(c1ccccc1O)N(C(=O)C(CCC(N)=O)NC(=O)OC(C)(C)C)C(C)(C)C. The van der Waals surface area contributed by atoms with Gasteiger partial charge in [0, 0.05) is 24.1 Å². The Morgan fingerprint density at radius 1 is 1.08 bits per heavy atom. The number of carbonyl (C=O) groups excluding carboxylic acids is 4. The van der Waals surface area contributed by atoms with Gasteiger partial charge in [-0.15, -0.1) is 0 Å². The first-order valence-corrected chi connectivity index (χ1v) is 12.2. The molecular formula is C26H42N4O6. The lowest BCUT2D eigenvalue weighted by atomic mass is 9.94. The zero-order valence-corrected chi connectivity index (χ0v) is 22.5. The Morgan fingerprint density at radius 2 is 1.69 bits per heavy atom. The molecule has 10 heteroatoms. The maximum absolute atomic E-state index is 14.0. The van der Waals surface area contributed by atoms with E-state index in [4.69, 9.17) is 10.5 Å². The van der Waals surface area contributed by atoms with Crippen LogP contribution < -0.4 is 16.4 Å². The molecule has 0 saturated carbocycles. The van der Waals surface area contributed by atoms with E-state index in [0.717, 1.165) is 12.8 Å². The Balaban J connectivity index is 3.54. The second-order valence-electron chi connectivity index (χ2n) is 10.7. The fraction of sp³-hybridized carbons (Fsp3) is 0.615. The van der Waals surface area contributed by atoms with Crippen LogP contribution in [0.2, 0.25) is 0 Å². The van der Waals surface area contributed by atoms with Crippen LogP contribution in [0.5, 0.6) is 5.75 Å². The summed E-state index contributed by atoms with van der Waals surface area (Å²) in [4.78, 5) is 52.9. The number of nitrogens with zero attached hydrogens (tertiary/aromatic N) is 1. The third-order valence-electron chi connectivity index (χ3n) is 5.20. The van der Waals surface area contributed by atoms with Crippen molar-refractivity contribution >= 4 is 23.8 Å². The predicted molar refractivity (Wildman–Crippen MR) is 137 cm³/mol. The molecule has 1 rings (SSSR count). The normalized spacial score (nSPS) is 13.3. The minimum Gasteiger partial charge on any atom is -0.508 e. The highest BCUT2D eigenvalue weighted by Crippen LogP contribution is 2.34. The fourth-order valence-electron chi connectivity index (χ4n) is 3.61. The standard InChI is InChI=1S/C26H42N4O6/c1-8-9-16-28-22(33)21(17-12-10-11-13-19(17)31)30(25(2,3)4)23(34)18(14-15-20(27)32)29-24(35)36-26(5,6)7/h10-13,18,21,31H,8-9,14-16H2,1-7H3,(H2,27,32)(H,28,33)(H,29,35). The summed E-state index contributed by atoms with van der Waals surface area (Å²) in [6.45, 7) is 12.7.